The fraction of sp³-hybridized carbons (Fsp3) is 0.632. The van der Waals surface area contributed by atoms with Crippen LogP contribution in [0.5, 0.6) is 0 Å². The van der Waals surface area contributed by atoms with Crippen molar-refractivity contribution < 1.29 is 15.0 Å². The highest BCUT2D eigenvalue weighted by atomic mass is 35.5. The van der Waals surface area contributed by atoms with Crippen LogP contribution >= 0.6 is 23.2 Å². The summed E-state index contributed by atoms with van der Waals surface area (Å²) < 4.78 is 0. The summed E-state index contributed by atoms with van der Waals surface area (Å²) in [5.41, 5.74) is 0.850. The molecule has 3 rings (SSSR count). The molecule has 2 saturated heterocycles. The van der Waals surface area contributed by atoms with E-state index in [0.29, 0.717) is 29.7 Å². The van der Waals surface area contributed by atoms with Gasteiger partial charge in [0.05, 0.1) is 35.2 Å². The number of carbonyl (C=O) groups is 1. The Hall–Kier alpha value is -0.890. The van der Waals surface area contributed by atoms with E-state index in [0.717, 1.165) is 38.2 Å². The summed E-state index contributed by atoms with van der Waals surface area (Å²) in [4.78, 5) is 19.4. The van der Waals surface area contributed by atoms with E-state index in [2.05, 4.69) is 9.80 Å². The molecule has 2 N–H and O–H groups in total. The molecular weight excluding hydrogens is 389 g/mol. The predicted octanol–water partition coefficient (Wildman–Crippen LogP) is 1.11. The molecule has 0 bridgehead atoms. The quantitative estimate of drug-likeness (QED) is 0.728. The molecule has 2 atom stereocenters. The van der Waals surface area contributed by atoms with Crippen LogP contribution < -0.4 is 0 Å². The van der Waals surface area contributed by atoms with Gasteiger partial charge < -0.3 is 15.1 Å². The van der Waals surface area contributed by atoms with E-state index in [1.807, 2.05) is 11.0 Å². The van der Waals surface area contributed by atoms with Crippen LogP contribution in [0.4, 0.5) is 0 Å². The molecule has 150 valence electrons. The maximum Gasteiger partial charge on any atom is 0.227 e. The van der Waals surface area contributed by atoms with Gasteiger partial charge in [-0.25, -0.2) is 0 Å². The van der Waals surface area contributed by atoms with Gasteiger partial charge in [0.15, 0.2) is 0 Å². The maximum atomic E-state index is 13.0. The Balaban J connectivity index is 1.67. The first kappa shape index (κ1) is 20.8. The molecule has 0 radical (unpaired) electrons. The van der Waals surface area contributed by atoms with Crippen LogP contribution in [0.2, 0.25) is 10.0 Å². The predicted molar refractivity (Wildman–Crippen MR) is 106 cm³/mol. The van der Waals surface area contributed by atoms with Gasteiger partial charge in [-0.15, -0.1) is 0 Å². The summed E-state index contributed by atoms with van der Waals surface area (Å²) in [6.45, 7) is 5.12. The SMILES string of the molecule is O=C(Cc1ccc(Cl)c(Cl)c1)N1CCN(CCO)C[C@H]1CN1CC[C@H](O)C1. The Bertz CT molecular complexity index is 661. The van der Waals surface area contributed by atoms with Crippen LogP contribution in [0.3, 0.4) is 0 Å². The normalized spacial score (nSPS) is 24.5. The largest absolute Gasteiger partial charge is 0.395 e. The van der Waals surface area contributed by atoms with Crippen molar-refractivity contribution in [3.05, 3.63) is 33.8 Å². The number of hydrogen-bond acceptors (Lipinski definition) is 5. The Morgan fingerprint density at radius 1 is 1.11 bits per heavy atom. The summed E-state index contributed by atoms with van der Waals surface area (Å²) in [5.74, 6) is 0.0711. The van der Waals surface area contributed by atoms with Gasteiger partial charge >= 0.3 is 0 Å². The molecule has 0 aromatic heterocycles. The van der Waals surface area contributed by atoms with Crippen molar-refractivity contribution in [2.75, 3.05) is 52.4 Å². The average molecular weight is 416 g/mol. The van der Waals surface area contributed by atoms with Gasteiger partial charge in [0.2, 0.25) is 5.91 Å². The fourth-order valence-electron chi connectivity index (χ4n) is 3.95. The van der Waals surface area contributed by atoms with Crippen molar-refractivity contribution in [2.24, 2.45) is 0 Å². The van der Waals surface area contributed by atoms with Gasteiger partial charge in [0, 0.05) is 45.8 Å². The monoisotopic (exact) mass is 415 g/mol. The number of aliphatic hydroxyl groups is 2. The van der Waals surface area contributed by atoms with Crippen LogP contribution in [-0.4, -0.2) is 95.4 Å². The number of benzene rings is 1. The fourth-order valence-corrected chi connectivity index (χ4v) is 4.27. The minimum absolute atomic E-state index is 0.0471. The van der Waals surface area contributed by atoms with E-state index < -0.39 is 0 Å². The third-order valence-electron chi connectivity index (χ3n) is 5.36. The number of carbonyl (C=O) groups excluding carboxylic acids is 1. The third-order valence-corrected chi connectivity index (χ3v) is 6.10. The number of halogens is 2. The zero-order valence-electron chi connectivity index (χ0n) is 15.4. The Morgan fingerprint density at radius 2 is 1.93 bits per heavy atom. The van der Waals surface area contributed by atoms with E-state index in [4.69, 9.17) is 23.2 Å². The van der Waals surface area contributed by atoms with Crippen molar-refractivity contribution >= 4 is 29.1 Å². The molecule has 1 aromatic carbocycles. The first-order chi connectivity index (χ1) is 13.0. The second-order valence-corrected chi connectivity index (χ2v) is 8.21. The average Bonchev–Trinajstić information content (AvgIpc) is 3.03. The number of likely N-dealkylation sites (tertiary alicyclic amines) is 1. The second-order valence-electron chi connectivity index (χ2n) is 7.39. The minimum Gasteiger partial charge on any atom is -0.395 e. The summed E-state index contributed by atoms with van der Waals surface area (Å²) in [6.07, 6.45) is 0.794. The van der Waals surface area contributed by atoms with Gasteiger partial charge in [-0.3, -0.25) is 14.6 Å². The molecule has 27 heavy (non-hydrogen) atoms. The summed E-state index contributed by atoms with van der Waals surface area (Å²) >= 11 is 12.0. The van der Waals surface area contributed by atoms with Crippen molar-refractivity contribution in [1.29, 1.82) is 0 Å². The van der Waals surface area contributed by atoms with Crippen molar-refractivity contribution in [1.82, 2.24) is 14.7 Å². The first-order valence-corrected chi connectivity index (χ1v) is 10.2. The number of piperazine rings is 1. The van der Waals surface area contributed by atoms with Gasteiger partial charge in [0.1, 0.15) is 0 Å². The summed E-state index contributed by atoms with van der Waals surface area (Å²) in [5, 5.41) is 20.0. The minimum atomic E-state index is -0.275. The van der Waals surface area contributed by atoms with Crippen molar-refractivity contribution in [2.45, 2.75) is 25.0 Å². The van der Waals surface area contributed by atoms with Crippen molar-refractivity contribution in [3.63, 3.8) is 0 Å². The molecule has 0 aliphatic carbocycles. The number of amides is 1. The molecular formula is C19H27Cl2N3O3. The van der Waals surface area contributed by atoms with E-state index in [1.54, 1.807) is 12.1 Å². The van der Waals surface area contributed by atoms with Crippen LogP contribution in [-0.2, 0) is 11.2 Å². The molecule has 2 heterocycles. The lowest BCUT2D eigenvalue weighted by Gasteiger charge is -2.43. The van der Waals surface area contributed by atoms with Crippen LogP contribution in [0.1, 0.15) is 12.0 Å². The number of aliphatic hydroxyl groups excluding tert-OH is 2. The maximum absolute atomic E-state index is 13.0. The second kappa shape index (κ2) is 9.54. The van der Waals surface area contributed by atoms with Gasteiger partial charge in [-0.1, -0.05) is 29.3 Å². The van der Waals surface area contributed by atoms with Crippen molar-refractivity contribution in [3.8, 4) is 0 Å². The molecule has 2 aliphatic heterocycles. The molecule has 0 unspecified atom stereocenters. The molecule has 8 heteroatoms. The standard InChI is InChI=1S/C19H27Cl2N3O3/c20-17-2-1-14(9-18(17)21)10-19(27)24-6-5-22(7-8-25)11-15(24)12-23-4-3-16(26)13-23/h1-2,9,15-16,25-26H,3-8,10-13H2/t15-,16-/m0/s1. The summed E-state index contributed by atoms with van der Waals surface area (Å²) in [6, 6.07) is 5.34. The zero-order chi connectivity index (χ0) is 19.4. The topological polar surface area (TPSA) is 67.2 Å². The van der Waals surface area contributed by atoms with Gasteiger partial charge in [0.25, 0.3) is 0 Å². The number of β-amino-alcohol motifs (C(OH)–C–C–N with tert-alkyl or cyclic N) is 2. The lowest BCUT2D eigenvalue weighted by atomic mass is 10.1. The third kappa shape index (κ3) is 5.56. The van der Waals surface area contributed by atoms with E-state index in [-0.39, 0.29) is 31.1 Å². The van der Waals surface area contributed by atoms with Crippen LogP contribution in [0.15, 0.2) is 18.2 Å². The van der Waals surface area contributed by atoms with E-state index in [1.165, 1.54) is 0 Å². The summed E-state index contributed by atoms with van der Waals surface area (Å²) in [7, 11) is 0. The molecule has 1 aromatic rings. The molecule has 0 spiro atoms. The zero-order valence-corrected chi connectivity index (χ0v) is 16.9. The number of hydrogen-bond donors (Lipinski definition) is 2. The van der Waals surface area contributed by atoms with Gasteiger partial charge in [-0.2, -0.15) is 0 Å². The van der Waals surface area contributed by atoms with E-state index in [9.17, 15) is 15.0 Å². The molecule has 2 aliphatic rings. The molecule has 6 nitrogen and oxygen atoms in total. The number of nitrogens with zero attached hydrogens (tertiary/aromatic N) is 3. The smallest absolute Gasteiger partial charge is 0.227 e. The number of rotatable bonds is 6. The Morgan fingerprint density at radius 3 is 2.59 bits per heavy atom. The van der Waals surface area contributed by atoms with Crippen LogP contribution in [0, 0.1) is 0 Å². The Kier molecular flexibility index (Phi) is 7.36. The lowest BCUT2D eigenvalue weighted by molar-refractivity contribution is -0.136. The molecule has 2 fully saturated rings. The highest BCUT2D eigenvalue weighted by Crippen LogP contribution is 2.24. The van der Waals surface area contributed by atoms with E-state index >= 15 is 0 Å². The highest BCUT2D eigenvalue weighted by molar-refractivity contribution is 6.42. The van der Waals surface area contributed by atoms with Gasteiger partial charge in [-0.05, 0) is 24.1 Å². The molecule has 1 amide bonds. The van der Waals surface area contributed by atoms with Crippen LogP contribution in [0.25, 0.3) is 0 Å². The molecule has 0 saturated carbocycles. The Labute approximate surface area is 170 Å². The lowest BCUT2D eigenvalue weighted by Crippen LogP contribution is -2.59. The highest BCUT2D eigenvalue weighted by Gasteiger charge is 2.33. The first-order valence-electron chi connectivity index (χ1n) is 9.43.